The van der Waals surface area contributed by atoms with Gasteiger partial charge in [-0.2, -0.15) is 0 Å². The van der Waals surface area contributed by atoms with Crippen LogP contribution in [0.4, 0.5) is 4.39 Å². The number of hydrogen-bond donors (Lipinski definition) is 1. The predicted molar refractivity (Wildman–Crippen MR) is 80.7 cm³/mol. The molecule has 0 amide bonds. The van der Waals surface area contributed by atoms with Gasteiger partial charge in [0.25, 0.3) is 0 Å². The van der Waals surface area contributed by atoms with Crippen molar-refractivity contribution in [3.05, 3.63) is 46.7 Å². The van der Waals surface area contributed by atoms with Crippen LogP contribution in [-0.2, 0) is 0 Å². The van der Waals surface area contributed by atoms with E-state index in [4.69, 9.17) is 0 Å². The Morgan fingerprint density at radius 1 is 1.42 bits per heavy atom. The zero-order valence-electron chi connectivity index (χ0n) is 11.0. The molecule has 2 rings (SSSR count). The Hall–Kier alpha value is -0.710. The normalized spacial score (nSPS) is 18.2. The van der Waals surface area contributed by atoms with Gasteiger partial charge in [0.05, 0.1) is 4.47 Å². The number of piperazine rings is 1. The number of allylic oxidation sites excluding steroid dienone is 1. The van der Waals surface area contributed by atoms with E-state index in [1.54, 1.807) is 6.07 Å². The third-order valence-electron chi connectivity index (χ3n) is 3.58. The van der Waals surface area contributed by atoms with Crippen molar-refractivity contribution < 1.29 is 4.39 Å². The van der Waals surface area contributed by atoms with Gasteiger partial charge in [0, 0.05) is 37.8 Å². The van der Waals surface area contributed by atoms with Crippen molar-refractivity contribution in [3.63, 3.8) is 0 Å². The van der Waals surface area contributed by atoms with Crippen LogP contribution in [0.5, 0.6) is 0 Å². The van der Waals surface area contributed by atoms with E-state index in [0.29, 0.717) is 4.47 Å². The summed E-state index contributed by atoms with van der Waals surface area (Å²) >= 11 is 3.28. The number of nitrogens with one attached hydrogen (secondary N) is 1. The van der Waals surface area contributed by atoms with Crippen molar-refractivity contribution in [1.29, 1.82) is 0 Å². The molecule has 1 saturated heterocycles. The van der Waals surface area contributed by atoms with Crippen LogP contribution in [0.2, 0.25) is 0 Å². The van der Waals surface area contributed by atoms with Gasteiger partial charge in [0.15, 0.2) is 0 Å². The highest BCUT2D eigenvalue weighted by Gasteiger charge is 2.24. The van der Waals surface area contributed by atoms with Crippen LogP contribution in [-0.4, -0.2) is 31.1 Å². The fourth-order valence-corrected chi connectivity index (χ4v) is 2.96. The number of benzene rings is 1. The van der Waals surface area contributed by atoms with E-state index in [9.17, 15) is 4.39 Å². The van der Waals surface area contributed by atoms with Gasteiger partial charge in [-0.1, -0.05) is 18.2 Å². The SMILES string of the molecule is C=CCC[C@H](c1cccc(Br)c1F)N1CCNCC1. The van der Waals surface area contributed by atoms with E-state index < -0.39 is 0 Å². The first-order valence-corrected chi connectivity index (χ1v) is 7.53. The molecule has 1 aromatic carbocycles. The Labute approximate surface area is 122 Å². The highest BCUT2D eigenvalue weighted by molar-refractivity contribution is 9.10. The zero-order valence-corrected chi connectivity index (χ0v) is 12.6. The van der Waals surface area contributed by atoms with Gasteiger partial charge in [-0.3, -0.25) is 4.90 Å². The van der Waals surface area contributed by atoms with Gasteiger partial charge in [-0.05, 0) is 34.8 Å². The molecule has 104 valence electrons. The Balaban J connectivity index is 2.24. The minimum atomic E-state index is -0.130. The van der Waals surface area contributed by atoms with E-state index in [1.165, 1.54) is 0 Å². The number of hydrogen-bond acceptors (Lipinski definition) is 2. The number of rotatable bonds is 5. The van der Waals surface area contributed by atoms with E-state index in [2.05, 4.69) is 32.7 Å². The molecule has 0 saturated carbocycles. The lowest BCUT2D eigenvalue weighted by atomic mass is 9.99. The Morgan fingerprint density at radius 3 is 2.84 bits per heavy atom. The van der Waals surface area contributed by atoms with Crippen molar-refractivity contribution in [1.82, 2.24) is 10.2 Å². The van der Waals surface area contributed by atoms with Gasteiger partial charge in [-0.15, -0.1) is 6.58 Å². The summed E-state index contributed by atoms with van der Waals surface area (Å²) in [5.41, 5.74) is 0.790. The fourth-order valence-electron chi connectivity index (χ4n) is 2.58. The maximum Gasteiger partial charge on any atom is 0.142 e. The Morgan fingerprint density at radius 2 is 2.16 bits per heavy atom. The standard InChI is InChI=1S/C15H20BrFN2/c1-2-3-7-14(19-10-8-18-9-11-19)12-5-4-6-13(16)15(12)17/h2,4-6,14,18H,1,3,7-11H2/t14-/m1/s1. The van der Waals surface area contributed by atoms with E-state index >= 15 is 0 Å². The summed E-state index contributed by atoms with van der Waals surface area (Å²) in [6, 6.07) is 5.69. The van der Waals surface area contributed by atoms with Crippen molar-refractivity contribution in [2.45, 2.75) is 18.9 Å². The van der Waals surface area contributed by atoms with Gasteiger partial charge in [0.1, 0.15) is 5.82 Å². The molecule has 0 bridgehead atoms. The second-order valence-electron chi connectivity index (χ2n) is 4.81. The molecule has 1 heterocycles. The molecule has 4 heteroatoms. The average Bonchev–Trinajstić information content (AvgIpc) is 2.45. The summed E-state index contributed by atoms with van der Waals surface area (Å²) in [6.07, 6.45) is 3.72. The average molecular weight is 327 g/mol. The second-order valence-corrected chi connectivity index (χ2v) is 5.67. The minimum absolute atomic E-state index is 0.130. The maximum atomic E-state index is 14.3. The highest BCUT2D eigenvalue weighted by Crippen LogP contribution is 2.31. The van der Waals surface area contributed by atoms with E-state index in [1.807, 2.05) is 18.2 Å². The third-order valence-corrected chi connectivity index (χ3v) is 4.19. The van der Waals surface area contributed by atoms with Crippen LogP contribution >= 0.6 is 15.9 Å². The topological polar surface area (TPSA) is 15.3 Å². The van der Waals surface area contributed by atoms with Gasteiger partial charge in [-0.25, -0.2) is 4.39 Å². The van der Waals surface area contributed by atoms with Crippen molar-refractivity contribution in [2.24, 2.45) is 0 Å². The van der Waals surface area contributed by atoms with Crippen LogP contribution in [0.25, 0.3) is 0 Å². The van der Waals surface area contributed by atoms with Crippen LogP contribution in [0.3, 0.4) is 0 Å². The monoisotopic (exact) mass is 326 g/mol. The van der Waals surface area contributed by atoms with Crippen molar-refractivity contribution >= 4 is 15.9 Å². The molecule has 1 N–H and O–H groups in total. The molecule has 1 aliphatic heterocycles. The zero-order chi connectivity index (χ0) is 13.7. The first-order valence-electron chi connectivity index (χ1n) is 6.73. The minimum Gasteiger partial charge on any atom is -0.314 e. The largest absolute Gasteiger partial charge is 0.314 e. The van der Waals surface area contributed by atoms with Crippen LogP contribution < -0.4 is 5.32 Å². The van der Waals surface area contributed by atoms with Crippen LogP contribution in [0.1, 0.15) is 24.4 Å². The quantitative estimate of drug-likeness (QED) is 0.833. The second kappa shape index (κ2) is 7.17. The molecule has 19 heavy (non-hydrogen) atoms. The van der Waals surface area contributed by atoms with Crippen molar-refractivity contribution in [2.75, 3.05) is 26.2 Å². The summed E-state index contributed by atoms with van der Waals surface area (Å²) < 4.78 is 14.9. The Bertz CT molecular complexity index is 430. The molecule has 1 atom stereocenters. The smallest absolute Gasteiger partial charge is 0.142 e. The summed E-state index contributed by atoms with van der Waals surface area (Å²) in [4.78, 5) is 2.37. The molecule has 2 nitrogen and oxygen atoms in total. The molecule has 1 fully saturated rings. The highest BCUT2D eigenvalue weighted by atomic mass is 79.9. The maximum absolute atomic E-state index is 14.3. The van der Waals surface area contributed by atoms with Gasteiger partial charge < -0.3 is 5.32 Å². The fraction of sp³-hybridized carbons (Fsp3) is 0.467. The lowest BCUT2D eigenvalue weighted by Gasteiger charge is -2.35. The van der Waals surface area contributed by atoms with Gasteiger partial charge in [0.2, 0.25) is 0 Å². The predicted octanol–water partition coefficient (Wildman–Crippen LogP) is 3.50. The summed E-state index contributed by atoms with van der Waals surface area (Å²) in [5, 5.41) is 3.34. The molecule has 1 aliphatic rings. The first kappa shape index (κ1) is 14.7. The molecule has 1 aromatic rings. The molecule has 0 spiro atoms. The summed E-state index contributed by atoms with van der Waals surface area (Å²) in [7, 11) is 0. The van der Waals surface area contributed by atoms with Crippen LogP contribution in [0.15, 0.2) is 35.3 Å². The molecule has 0 aliphatic carbocycles. The summed E-state index contributed by atoms with van der Waals surface area (Å²) in [5.74, 6) is -0.130. The Kier molecular flexibility index (Phi) is 5.55. The van der Waals surface area contributed by atoms with E-state index in [-0.39, 0.29) is 11.9 Å². The number of nitrogens with zero attached hydrogens (tertiary/aromatic N) is 1. The molecule has 0 aromatic heterocycles. The molecule has 0 radical (unpaired) electrons. The van der Waals surface area contributed by atoms with Crippen LogP contribution in [0, 0.1) is 5.82 Å². The molecule has 0 unspecified atom stereocenters. The molecular weight excluding hydrogens is 307 g/mol. The molecular formula is C15H20BrFN2. The lowest BCUT2D eigenvalue weighted by Crippen LogP contribution is -2.45. The summed E-state index contributed by atoms with van der Waals surface area (Å²) in [6.45, 7) is 7.65. The van der Waals surface area contributed by atoms with Crippen molar-refractivity contribution in [3.8, 4) is 0 Å². The number of halogens is 2. The lowest BCUT2D eigenvalue weighted by molar-refractivity contribution is 0.163. The first-order chi connectivity index (χ1) is 9.24. The van der Waals surface area contributed by atoms with Gasteiger partial charge >= 0.3 is 0 Å². The third kappa shape index (κ3) is 3.65. The van der Waals surface area contributed by atoms with E-state index in [0.717, 1.165) is 44.6 Å².